The number of aliphatic carboxylic acids is 3. The first-order chi connectivity index (χ1) is 43.0. The van der Waals surface area contributed by atoms with Gasteiger partial charge in [0.15, 0.2) is 0 Å². The third-order valence-electron chi connectivity index (χ3n) is 15.9. The number of hydrogen-bond donors (Lipinski definition) is 8. The van der Waals surface area contributed by atoms with Crippen molar-refractivity contribution in [1.29, 1.82) is 0 Å². The maximum atomic E-state index is 13.9. The lowest BCUT2D eigenvalue weighted by molar-refractivity contribution is -0.157. The SMILES string of the molecule is CCCCCCCCCCCCCCCC(=O)N[C@@H](CSC[C@@H](COC(=O)CCCCCCCCCCCCCCC)OC(=O)CCCCCCCCCCCCCCC)C(=O)NCC(=O)N[C@@H](CCC(=O)O)C(=O)NCC(=O)N[C@@H](CCC(=O)O)C(=O)O. The lowest BCUT2D eigenvalue weighted by Gasteiger charge is -2.22. The Kier molecular flexibility index (Phi) is 57.2. The smallest absolute Gasteiger partial charge is 0.326 e. The van der Waals surface area contributed by atoms with Crippen molar-refractivity contribution in [3.05, 3.63) is 0 Å². The number of carbonyl (C=O) groups is 10. The molecule has 0 saturated heterocycles. The molecule has 0 aromatic rings. The molecule has 0 aliphatic rings. The Labute approximate surface area is 539 Å². The van der Waals surface area contributed by atoms with Crippen molar-refractivity contribution >= 4 is 71.1 Å². The van der Waals surface area contributed by atoms with Gasteiger partial charge in [-0.2, -0.15) is 11.8 Å². The van der Waals surface area contributed by atoms with E-state index in [1.165, 1.54) is 179 Å². The van der Waals surface area contributed by atoms with Crippen molar-refractivity contribution in [1.82, 2.24) is 26.6 Å². The largest absolute Gasteiger partial charge is 0.481 e. The standard InChI is InChI=1S/C68H123N5O15S/c1-4-7-10-13-16-19-22-25-28-31-34-37-40-43-59(74)73-58(67(84)70-50-60(75)71-56(46-48-62(77)78)66(83)69-51-61(76)72-57(68(85)86)47-49-63(79)80)54-89-53-55(88-65(82)45-42-39-36-33-30-27-24-21-18-15-12-9-6-3)52-87-64(81)44-41-38-35-32-29-26-23-20-17-14-11-8-5-2/h55-58H,4-54H2,1-3H3,(H,69,83)(H,70,84)(H,71,75)(H,72,76)(H,73,74)(H,77,78)(H,79,80)(H,85,86)/t55-,56+,57+,58+/m1/s1. The van der Waals surface area contributed by atoms with E-state index >= 15 is 0 Å². The average molecular weight is 1280 g/mol. The predicted octanol–water partition coefficient (Wildman–Crippen LogP) is 13.1. The van der Waals surface area contributed by atoms with E-state index in [-0.39, 0.29) is 43.3 Å². The molecule has 0 saturated carbocycles. The molecule has 8 N–H and O–H groups in total. The molecule has 516 valence electrons. The highest BCUT2D eigenvalue weighted by molar-refractivity contribution is 7.99. The molecule has 5 amide bonds. The minimum absolute atomic E-state index is 0.0254. The number of carbonyl (C=O) groups excluding carboxylic acids is 7. The van der Waals surface area contributed by atoms with Gasteiger partial charge in [0, 0.05) is 43.6 Å². The minimum Gasteiger partial charge on any atom is -0.481 e. The first-order valence-electron chi connectivity index (χ1n) is 35.0. The fourth-order valence-electron chi connectivity index (χ4n) is 10.4. The predicted molar refractivity (Wildman–Crippen MR) is 352 cm³/mol. The van der Waals surface area contributed by atoms with Crippen LogP contribution < -0.4 is 26.6 Å². The molecule has 0 heterocycles. The summed E-state index contributed by atoms with van der Waals surface area (Å²) < 4.78 is 11.6. The highest BCUT2D eigenvalue weighted by Gasteiger charge is 2.27. The van der Waals surface area contributed by atoms with Crippen LogP contribution in [-0.2, 0) is 57.4 Å². The Hall–Kier alpha value is -4.95. The van der Waals surface area contributed by atoms with Crippen molar-refractivity contribution in [3.63, 3.8) is 0 Å². The van der Waals surface area contributed by atoms with Crippen LogP contribution >= 0.6 is 11.8 Å². The topological polar surface area (TPSA) is 310 Å². The Balaban J connectivity index is 5.89. The summed E-state index contributed by atoms with van der Waals surface area (Å²) in [5, 5.41) is 39.7. The maximum absolute atomic E-state index is 13.9. The van der Waals surface area contributed by atoms with Gasteiger partial charge in [0.25, 0.3) is 0 Å². The van der Waals surface area contributed by atoms with E-state index in [4.69, 9.17) is 14.6 Å². The van der Waals surface area contributed by atoms with Gasteiger partial charge in [0.2, 0.25) is 29.5 Å². The average Bonchev–Trinajstić information content (AvgIpc) is 3.58. The van der Waals surface area contributed by atoms with Gasteiger partial charge in [-0.15, -0.1) is 0 Å². The summed E-state index contributed by atoms with van der Waals surface area (Å²) in [5.74, 6) is -8.80. The van der Waals surface area contributed by atoms with E-state index < -0.39 is 116 Å². The van der Waals surface area contributed by atoms with E-state index in [2.05, 4.69) is 47.4 Å². The molecule has 0 unspecified atom stereocenters. The van der Waals surface area contributed by atoms with Gasteiger partial charge in [-0.05, 0) is 32.1 Å². The first kappa shape index (κ1) is 84.0. The second-order valence-electron chi connectivity index (χ2n) is 24.3. The Bertz CT molecular complexity index is 1890. The summed E-state index contributed by atoms with van der Waals surface area (Å²) in [4.78, 5) is 127. The van der Waals surface area contributed by atoms with Crippen LogP contribution in [0.15, 0.2) is 0 Å². The molecule has 89 heavy (non-hydrogen) atoms. The number of carboxylic acids is 3. The molecule has 21 heteroatoms. The lowest BCUT2D eigenvalue weighted by Crippen LogP contribution is -2.54. The summed E-state index contributed by atoms with van der Waals surface area (Å²) >= 11 is 1.20. The number of unbranched alkanes of at least 4 members (excludes halogenated alkanes) is 36. The van der Waals surface area contributed by atoms with Gasteiger partial charge in [-0.3, -0.25) is 43.2 Å². The van der Waals surface area contributed by atoms with E-state index in [1.54, 1.807) is 0 Å². The Morgan fingerprint density at radius 3 is 1.03 bits per heavy atom. The molecular formula is C68H123N5O15S. The molecular weight excluding hydrogens is 1160 g/mol. The lowest BCUT2D eigenvalue weighted by atomic mass is 10.0. The summed E-state index contributed by atoms with van der Waals surface area (Å²) in [6.07, 6.45) is 42.8. The van der Waals surface area contributed by atoms with E-state index in [1.807, 2.05) is 0 Å². The van der Waals surface area contributed by atoms with Crippen LogP contribution in [0.5, 0.6) is 0 Å². The van der Waals surface area contributed by atoms with E-state index in [0.29, 0.717) is 19.3 Å². The molecule has 0 spiro atoms. The summed E-state index contributed by atoms with van der Waals surface area (Å²) in [6.45, 7) is 5.00. The highest BCUT2D eigenvalue weighted by Crippen LogP contribution is 2.18. The molecule has 0 aromatic heterocycles. The van der Waals surface area contributed by atoms with Crippen molar-refractivity contribution in [2.45, 2.75) is 340 Å². The quantitative estimate of drug-likeness (QED) is 0.0207. The number of esters is 2. The summed E-state index contributed by atoms with van der Waals surface area (Å²) in [5.41, 5.74) is 0. The number of nitrogens with one attached hydrogen (secondary N) is 5. The van der Waals surface area contributed by atoms with Crippen molar-refractivity contribution < 1.29 is 72.7 Å². The molecule has 20 nitrogen and oxygen atoms in total. The molecule has 0 radical (unpaired) electrons. The van der Waals surface area contributed by atoms with Gasteiger partial charge >= 0.3 is 29.8 Å². The van der Waals surface area contributed by atoms with Gasteiger partial charge < -0.3 is 51.4 Å². The van der Waals surface area contributed by atoms with Gasteiger partial charge in [-0.1, -0.05) is 252 Å². The normalized spacial score (nSPS) is 12.5. The number of thioether (sulfide) groups is 1. The molecule has 0 bridgehead atoms. The monoisotopic (exact) mass is 1280 g/mol. The molecule has 4 atom stereocenters. The van der Waals surface area contributed by atoms with Crippen LogP contribution in [0, 0.1) is 0 Å². The van der Waals surface area contributed by atoms with Crippen molar-refractivity contribution in [2.24, 2.45) is 0 Å². The second kappa shape index (κ2) is 60.6. The zero-order chi connectivity index (χ0) is 65.8. The third-order valence-corrected chi connectivity index (χ3v) is 17.0. The number of carboxylic acid groups (broad SMARTS) is 3. The number of hydrogen-bond acceptors (Lipinski definition) is 13. The van der Waals surface area contributed by atoms with Crippen LogP contribution in [0.2, 0.25) is 0 Å². The molecule has 0 aliphatic carbocycles. The number of ether oxygens (including phenoxy) is 2. The fraction of sp³-hybridized carbons (Fsp3) is 0.853. The molecule has 0 rings (SSSR count). The summed E-state index contributed by atoms with van der Waals surface area (Å²) in [6, 6.07) is -4.26. The number of rotatable bonds is 65. The third kappa shape index (κ3) is 55.6. The van der Waals surface area contributed by atoms with Gasteiger partial charge in [0.1, 0.15) is 30.8 Å². The summed E-state index contributed by atoms with van der Waals surface area (Å²) in [7, 11) is 0. The maximum Gasteiger partial charge on any atom is 0.326 e. The Morgan fingerprint density at radius 1 is 0.348 bits per heavy atom. The zero-order valence-corrected chi connectivity index (χ0v) is 56.3. The Morgan fingerprint density at radius 2 is 0.663 bits per heavy atom. The highest BCUT2D eigenvalue weighted by atomic mass is 32.2. The van der Waals surface area contributed by atoms with E-state index in [0.717, 1.165) is 64.2 Å². The molecule has 0 aromatic carbocycles. The van der Waals surface area contributed by atoms with Gasteiger partial charge in [-0.25, -0.2) is 4.79 Å². The molecule has 0 aliphatic heterocycles. The van der Waals surface area contributed by atoms with Crippen LogP contribution in [0.3, 0.4) is 0 Å². The number of amides is 5. The molecule has 0 fully saturated rings. The van der Waals surface area contributed by atoms with Crippen LogP contribution in [-0.4, -0.2) is 130 Å². The first-order valence-corrected chi connectivity index (χ1v) is 36.2. The second-order valence-corrected chi connectivity index (χ2v) is 25.4. The van der Waals surface area contributed by atoms with E-state index in [9.17, 15) is 58.2 Å². The van der Waals surface area contributed by atoms with Crippen LogP contribution in [0.1, 0.15) is 316 Å². The van der Waals surface area contributed by atoms with Crippen LogP contribution in [0.25, 0.3) is 0 Å². The van der Waals surface area contributed by atoms with Crippen LogP contribution in [0.4, 0.5) is 0 Å². The fourth-order valence-corrected chi connectivity index (χ4v) is 11.4. The minimum atomic E-state index is -1.57. The van der Waals surface area contributed by atoms with Crippen molar-refractivity contribution in [2.75, 3.05) is 31.2 Å². The van der Waals surface area contributed by atoms with Crippen molar-refractivity contribution in [3.8, 4) is 0 Å². The van der Waals surface area contributed by atoms with Gasteiger partial charge in [0.05, 0.1) is 13.1 Å². The zero-order valence-electron chi connectivity index (χ0n) is 55.5.